The SMILES string of the molecule is CSCCC(NC(=O)C(N)CCCN=C(N)N)C(=O)NC(CS)C(=O)NC(CCC(N)=O)C(=O)O. The van der Waals surface area contributed by atoms with Crippen molar-refractivity contribution >= 4 is 59.9 Å². The maximum atomic E-state index is 12.8. The molecule has 0 saturated carbocycles. The van der Waals surface area contributed by atoms with Gasteiger partial charge in [-0.1, -0.05) is 0 Å². The molecule has 0 spiro atoms. The lowest BCUT2D eigenvalue weighted by Gasteiger charge is -2.24. The number of nitrogens with zero attached hydrogens (tertiary/aromatic N) is 1. The number of hydrogen-bond acceptors (Lipinski definition) is 9. The molecule has 12 N–H and O–H groups in total. The Labute approximate surface area is 213 Å². The van der Waals surface area contributed by atoms with E-state index in [0.717, 1.165) is 0 Å². The quantitative estimate of drug-likeness (QED) is 0.0368. The van der Waals surface area contributed by atoms with Gasteiger partial charge >= 0.3 is 5.97 Å². The van der Waals surface area contributed by atoms with Crippen LogP contribution in [0.25, 0.3) is 0 Å². The van der Waals surface area contributed by atoms with Crippen LogP contribution >= 0.6 is 24.4 Å². The minimum Gasteiger partial charge on any atom is -0.480 e. The average Bonchev–Trinajstić information content (AvgIpc) is 2.79. The lowest BCUT2D eigenvalue weighted by atomic mass is 10.1. The predicted octanol–water partition coefficient (Wildman–Crippen LogP) is -3.15. The number of aliphatic imine (C=N–C) groups is 1. The van der Waals surface area contributed by atoms with Gasteiger partial charge in [-0.15, -0.1) is 0 Å². The number of thiol groups is 1. The molecule has 4 unspecified atom stereocenters. The summed E-state index contributed by atoms with van der Waals surface area (Å²) >= 11 is 5.51. The molecule has 35 heavy (non-hydrogen) atoms. The number of rotatable bonds is 18. The van der Waals surface area contributed by atoms with Crippen molar-refractivity contribution in [3.63, 3.8) is 0 Å². The molecule has 200 valence electrons. The Morgan fingerprint density at radius 1 is 0.914 bits per heavy atom. The highest BCUT2D eigenvalue weighted by Gasteiger charge is 2.29. The van der Waals surface area contributed by atoms with Gasteiger partial charge in [-0.2, -0.15) is 24.4 Å². The van der Waals surface area contributed by atoms with Crippen LogP contribution in [0.2, 0.25) is 0 Å². The van der Waals surface area contributed by atoms with Gasteiger partial charge in [-0.3, -0.25) is 24.2 Å². The first-order valence-electron chi connectivity index (χ1n) is 10.8. The topological polar surface area (TPSA) is 258 Å². The Morgan fingerprint density at radius 3 is 2.00 bits per heavy atom. The Hall–Kier alpha value is -2.72. The molecule has 0 aromatic rings. The van der Waals surface area contributed by atoms with Gasteiger partial charge in [0.25, 0.3) is 0 Å². The molecular weight excluding hydrogens is 500 g/mol. The lowest BCUT2D eigenvalue weighted by molar-refractivity contribution is -0.142. The summed E-state index contributed by atoms with van der Waals surface area (Å²) in [6.07, 6.45) is 2.37. The molecule has 0 saturated heterocycles. The number of carboxylic acid groups (broad SMARTS) is 1. The highest BCUT2D eigenvalue weighted by molar-refractivity contribution is 7.98. The summed E-state index contributed by atoms with van der Waals surface area (Å²) in [6.45, 7) is 0.301. The number of aliphatic carboxylic acids is 1. The molecule has 0 aliphatic heterocycles. The second-order valence-electron chi connectivity index (χ2n) is 7.55. The van der Waals surface area contributed by atoms with Crippen molar-refractivity contribution < 1.29 is 29.1 Å². The van der Waals surface area contributed by atoms with E-state index < -0.39 is 53.8 Å². The first-order chi connectivity index (χ1) is 16.4. The van der Waals surface area contributed by atoms with Gasteiger partial charge in [-0.25, -0.2) is 4.79 Å². The summed E-state index contributed by atoms with van der Waals surface area (Å²) in [5, 5.41) is 16.6. The second kappa shape index (κ2) is 17.7. The molecular formula is C19H36N8O6S2. The van der Waals surface area contributed by atoms with Crippen LogP contribution in [0.1, 0.15) is 32.1 Å². The second-order valence-corrected chi connectivity index (χ2v) is 8.90. The summed E-state index contributed by atoms with van der Waals surface area (Å²) < 4.78 is 0. The molecule has 14 nitrogen and oxygen atoms in total. The Kier molecular flexibility index (Phi) is 16.3. The van der Waals surface area contributed by atoms with E-state index in [-0.39, 0.29) is 37.4 Å². The van der Waals surface area contributed by atoms with E-state index in [9.17, 15) is 29.1 Å². The van der Waals surface area contributed by atoms with Crippen LogP contribution in [-0.2, 0) is 24.0 Å². The number of thioether (sulfide) groups is 1. The molecule has 0 rings (SSSR count). The summed E-state index contributed by atoms with van der Waals surface area (Å²) in [7, 11) is 0. The van der Waals surface area contributed by atoms with Crippen molar-refractivity contribution in [2.24, 2.45) is 27.9 Å². The third-order valence-corrected chi connectivity index (χ3v) is 5.67. The number of carbonyl (C=O) groups excluding carboxylic acids is 4. The average molecular weight is 537 g/mol. The number of guanidine groups is 1. The van der Waals surface area contributed by atoms with Gasteiger partial charge in [0.05, 0.1) is 6.04 Å². The number of nitrogens with two attached hydrogens (primary N) is 4. The fourth-order valence-electron chi connectivity index (χ4n) is 2.72. The van der Waals surface area contributed by atoms with E-state index in [1.807, 2.05) is 6.26 Å². The van der Waals surface area contributed by atoms with Crippen molar-refractivity contribution in [3.8, 4) is 0 Å². The molecule has 0 aliphatic carbocycles. The zero-order valence-electron chi connectivity index (χ0n) is 19.6. The third-order valence-electron chi connectivity index (χ3n) is 4.66. The number of amides is 4. The van der Waals surface area contributed by atoms with E-state index in [4.69, 9.17) is 22.9 Å². The molecule has 4 atom stereocenters. The number of carbonyl (C=O) groups is 5. The van der Waals surface area contributed by atoms with Crippen molar-refractivity contribution in [2.45, 2.75) is 56.3 Å². The van der Waals surface area contributed by atoms with Crippen molar-refractivity contribution in [1.82, 2.24) is 16.0 Å². The van der Waals surface area contributed by atoms with Crippen LogP contribution in [0.15, 0.2) is 4.99 Å². The minimum absolute atomic E-state index is 0.0675. The normalized spacial score (nSPS) is 14.0. The van der Waals surface area contributed by atoms with Crippen LogP contribution in [0.4, 0.5) is 0 Å². The zero-order chi connectivity index (χ0) is 27.0. The predicted molar refractivity (Wildman–Crippen MR) is 137 cm³/mol. The smallest absolute Gasteiger partial charge is 0.326 e. The van der Waals surface area contributed by atoms with Crippen molar-refractivity contribution in [2.75, 3.05) is 24.3 Å². The van der Waals surface area contributed by atoms with E-state index in [2.05, 4.69) is 33.6 Å². The molecule has 16 heteroatoms. The molecule has 0 aliphatic rings. The molecule has 0 radical (unpaired) electrons. The van der Waals surface area contributed by atoms with Gasteiger partial charge in [0, 0.05) is 18.7 Å². The van der Waals surface area contributed by atoms with Crippen LogP contribution in [-0.4, -0.2) is 89.1 Å². The maximum absolute atomic E-state index is 12.8. The van der Waals surface area contributed by atoms with Crippen LogP contribution in [0, 0.1) is 0 Å². The van der Waals surface area contributed by atoms with E-state index in [0.29, 0.717) is 18.7 Å². The summed E-state index contributed by atoms with van der Waals surface area (Å²) in [6, 6.07) is -4.46. The molecule has 0 aromatic heterocycles. The van der Waals surface area contributed by atoms with Crippen LogP contribution in [0.3, 0.4) is 0 Å². The minimum atomic E-state index is -1.38. The summed E-state index contributed by atoms with van der Waals surface area (Å²) in [4.78, 5) is 64.0. The standard InChI is InChI=1S/C19H36N8O6S2/c1-35-8-6-11(25-15(29)10(20)3-2-7-24-19(22)23)16(30)27-13(9-34)17(31)26-12(18(32)33)4-5-14(21)28/h10-13,34H,2-9,20H2,1H3,(H2,21,28)(H,25,29)(H,26,31)(H,27,30)(H,32,33)(H4,22,23,24). The Bertz CT molecular complexity index is 766. The number of carboxylic acids is 1. The number of hydrogen-bond donors (Lipinski definition) is 9. The first-order valence-corrected chi connectivity index (χ1v) is 12.8. The van der Waals surface area contributed by atoms with Crippen molar-refractivity contribution in [1.29, 1.82) is 0 Å². The molecule has 0 bridgehead atoms. The van der Waals surface area contributed by atoms with Crippen LogP contribution < -0.4 is 38.9 Å². The molecule has 4 amide bonds. The maximum Gasteiger partial charge on any atom is 0.326 e. The number of nitrogens with one attached hydrogen (secondary N) is 3. The van der Waals surface area contributed by atoms with Gasteiger partial charge in [-0.05, 0) is 37.7 Å². The van der Waals surface area contributed by atoms with Gasteiger partial charge in [0.15, 0.2) is 5.96 Å². The lowest BCUT2D eigenvalue weighted by Crippen LogP contribution is -2.57. The summed E-state index contributed by atoms with van der Waals surface area (Å²) in [5.41, 5.74) is 21.4. The number of primary amides is 1. The molecule has 0 aromatic carbocycles. The molecule has 0 heterocycles. The van der Waals surface area contributed by atoms with E-state index in [1.54, 1.807) is 0 Å². The van der Waals surface area contributed by atoms with E-state index in [1.165, 1.54) is 11.8 Å². The Morgan fingerprint density at radius 2 is 1.49 bits per heavy atom. The van der Waals surface area contributed by atoms with Gasteiger partial charge < -0.3 is 44.0 Å². The van der Waals surface area contributed by atoms with Crippen LogP contribution in [0.5, 0.6) is 0 Å². The first kappa shape index (κ1) is 32.3. The zero-order valence-corrected chi connectivity index (χ0v) is 21.3. The monoisotopic (exact) mass is 536 g/mol. The van der Waals surface area contributed by atoms with Gasteiger partial charge in [0.1, 0.15) is 18.1 Å². The third kappa shape index (κ3) is 14.3. The highest BCUT2D eigenvalue weighted by Crippen LogP contribution is 2.05. The Balaban J connectivity index is 5.13. The molecule has 0 fully saturated rings. The fraction of sp³-hybridized carbons (Fsp3) is 0.684. The fourth-order valence-corrected chi connectivity index (χ4v) is 3.44. The highest BCUT2D eigenvalue weighted by atomic mass is 32.2. The van der Waals surface area contributed by atoms with Gasteiger partial charge in [0.2, 0.25) is 23.6 Å². The summed E-state index contributed by atoms with van der Waals surface area (Å²) in [5.74, 6) is -3.77. The largest absolute Gasteiger partial charge is 0.480 e. The van der Waals surface area contributed by atoms with Crippen molar-refractivity contribution in [3.05, 3.63) is 0 Å². The van der Waals surface area contributed by atoms with E-state index >= 15 is 0 Å².